The van der Waals surface area contributed by atoms with Gasteiger partial charge in [-0.1, -0.05) is 20.8 Å². The molecule has 1 aromatic rings. The maximum Gasteiger partial charge on any atom is 0.205 e. The van der Waals surface area contributed by atoms with Gasteiger partial charge in [-0.05, 0) is 0 Å². The molecule has 1 aromatic heterocycles. The number of anilines is 1. The Balaban J connectivity index is 2.18. The molecule has 1 N–H and O–H groups in total. The number of hydrogen-bond acceptors (Lipinski definition) is 6. The normalized spacial score (nSPS) is 21.9. The van der Waals surface area contributed by atoms with Gasteiger partial charge in [0, 0.05) is 23.5 Å². The minimum absolute atomic E-state index is 0.00418. The Morgan fingerprint density at radius 1 is 1.53 bits per heavy atom. The van der Waals surface area contributed by atoms with Crippen LogP contribution in [0.2, 0.25) is 0 Å². The Hall–Kier alpha value is -0.720. The predicted octanol–water partition coefficient (Wildman–Crippen LogP) is 1.03. The summed E-state index contributed by atoms with van der Waals surface area (Å²) in [6, 6.07) is 0.00418. The highest BCUT2D eigenvalue weighted by atomic mass is 32.1. The first kappa shape index (κ1) is 12.7. The first-order valence-corrected chi connectivity index (χ1v) is 6.59. The Bertz CT molecular complexity index is 375. The molecule has 0 aromatic carbocycles. The summed E-state index contributed by atoms with van der Waals surface area (Å²) in [5.74, 6) is 0.862. The smallest absolute Gasteiger partial charge is 0.205 e. The maximum atomic E-state index is 9.32. The quantitative estimate of drug-likeness (QED) is 0.857. The molecule has 0 aliphatic carbocycles. The van der Waals surface area contributed by atoms with Gasteiger partial charge in [0.25, 0.3) is 0 Å². The highest BCUT2D eigenvalue weighted by molar-refractivity contribution is 7.09. The van der Waals surface area contributed by atoms with Crippen LogP contribution >= 0.6 is 11.5 Å². The van der Waals surface area contributed by atoms with E-state index in [4.69, 9.17) is 4.74 Å². The molecule has 1 atom stereocenters. The van der Waals surface area contributed by atoms with Crippen molar-refractivity contribution >= 4 is 16.7 Å². The molecule has 0 saturated carbocycles. The Morgan fingerprint density at radius 2 is 2.29 bits per heavy atom. The Morgan fingerprint density at radius 3 is 2.88 bits per heavy atom. The van der Waals surface area contributed by atoms with Crippen molar-refractivity contribution < 1.29 is 9.84 Å². The second kappa shape index (κ2) is 4.88. The van der Waals surface area contributed by atoms with Gasteiger partial charge < -0.3 is 14.7 Å². The molecular weight excluding hydrogens is 238 g/mol. The first-order valence-electron chi connectivity index (χ1n) is 5.82. The highest BCUT2D eigenvalue weighted by Gasteiger charge is 2.27. The third kappa shape index (κ3) is 2.75. The SMILES string of the molecule is CC(C)(C)c1nsc(N2CCOCC2CO)n1. The summed E-state index contributed by atoms with van der Waals surface area (Å²) < 4.78 is 9.75. The van der Waals surface area contributed by atoms with Gasteiger partial charge in [0.05, 0.1) is 25.9 Å². The third-order valence-electron chi connectivity index (χ3n) is 2.77. The number of aromatic nitrogens is 2. The van der Waals surface area contributed by atoms with Crippen molar-refractivity contribution in [3.63, 3.8) is 0 Å². The van der Waals surface area contributed by atoms with E-state index < -0.39 is 0 Å². The zero-order chi connectivity index (χ0) is 12.5. The highest BCUT2D eigenvalue weighted by Crippen LogP contribution is 2.27. The topological polar surface area (TPSA) is 58.5 Å². The van der Waals surface area contributed by atoms with Crippen LogP contribution in [0.4, 0.5) is 5.13 Å². The maximum absolute atomic E-state index is 9.32. The van der Waals surface area contributed by atoms with E-state index in [0.717, 1.165) is 17.5 Å². The molecular formula is C11H19N3O2S. The third-order valence-corrected chi connectivity index (χ3v) is 3.52. The molecule has 1 fully saturated rings. The van der Waals surface area contributed by atoms with E-state index >= 15 is 0 Å². The molecule has 5 nitrogen and oxygen atoms in total. The van der Waals surface area contributed by atoms with Gasteiger partial charge in [-0.15, -0.1) is 0 Å². The molecule has 6 heteroatoms. The summed E-state index contributed by atoms with van der Waals surface area (Å²) in [5, 5.41) is 10.2. The van der Waals surface area contributed by atoms with Crippen LogP contribution in [-0.4, -0.2) is 46.9 Å². The zero-order valence-corrected chi connectivity index (χ0v) is 11.3. The molecule has 1 unspecified atom stereocenters. The summed E-state index contributed by atoms with van der Waals surface area (Å²) in [6.45, 7) is 8.39. The van der Waals surface area contributed by atoms with E-state index in [0.29, 0.717) is 13.2 Å². The van der Waals surface area contributed by atoms with Crippen LogP contribution in [0.25, 0.3) is 0 Å². The number of hydrogen-bond donors (Lipinski definition) is 1. The van der Waals surface area contributed by atoms with Crippen LogP contribution in [0.3, 0.4) is 0 Å². The first-order chi connectivity index (χ1) is 8.02. The summed E-state index contributed by atoms with van der Waals surface area (Å²) >= 11 is 1.40. The van der Waals surface area contributed by atoms with E-state index in [1.54, 1.807) is 0 Å². The van der Waals surface area contributed by atoms with Gasteiger partial charge in [0.1, 0.15) is 5.82 Å². The van der Waals surface area contributed by atoms with Crippen molar-refractivity contribution in [2.75, 3.05) is 31.3 Å². The Labute approximate surface area is 106 Å². The monoisotopic (exact) mass is 257 g/mol. The largest absolute Gasteiger partial charge is 0.394 e. The van der Waals surface area contributed by atoms with Gasteiger partial charge >= 0.3 is 0 Å². The van der Waals surface area contributed by atoms with Crippen LogP contribution in [0.1, 0.15) is 26.6 Å². The summed E-state index contributed by atoms with van der Waals surface area (Å²) in [7, 11) is 0. The Kier molecular flexibility index (Phi) is 3.65. The minimum atomic E-state index is -0.0320. The molecule has 0 spiro atoms. The van der Waals surface area contributed by atoms with Gasteiger partial charge in [-0.25, -0.2) is 4.98 Å². The average molecular weight is 257 g/mol. The van der Waals surface area contributed by atoms with Crippen molar-refractivity contribution in [2.45, 2.75) is 32.2 Å². The minimum Gasteiger partial charge on any atom is -0.394 e. The second-order valence-corrected chi connectivity index (χ2v) is 5.99. The van der Waals surface area contributed by atoms with Gasteiger partial charge in [-0.2, -0.15) is 4.37 Å². The van der Waals surface area contributed by atoms with Crippen LogP contribution in [-0.2, 0) is 10.2 Å². The molecule has 0 amide bonds. The van der Waals surface area contributed by atoms with E-state index in [-0.39, 0.29) is 18.1 Å². The lowest BCUT2D eigenvalue weighted by Gasteiger charge is -2.33. The second-order valence-electron chi connectivity index (χ2n) is 5.26. The van der Waals surface area contributed by atoms with Crippen molar-refractivity contribution in [3.05, 3.63) is 5.82 Å². The molecule has 0 bridgehead atoms. The number of nitrogens with zero attached hydrogens (tertiary/aromatic N) is 3. The van der Waals surface area contributed by atoms with Gasteiger partial charge in [0.2, 0.25) is 5.13 Å². The van der Waals surface area contributed by atoms with E-state index in [9.17, 15) is 5.11 Å². The van der Waals surface area contributed by atoms with Crippen molar-refractivity contribution in [1.29, 1.82) is 0 Å². The lowest BCUT2D eigenvalue weighted by Crippen LogP contribution is -2.47. The van der Waals surface area contributed by atoms with Crippen LogP contribution in [0.15, 0.2) is 0 Å². The number of aliphatic hydroxyl groups is 1. The molecule has 96 valence electrons. The number of rotatable bonds is 2. The molecule has 1 aliphatic heterocycles. The standard InChI is InChI=1S/C11H19N3O2S/c1-11(2,3)9-12-10(17-13-9)14-4-5-16-7-8(14)6-15/h8,15H,4-7H2,1-3H3. The molecule has 1 saturated heterocycles. The van der Waals surface area contributed by atoms with Crippen LogP contribution < -0.4 is 4.90 Å². The van der Waals surface area contributed by atoms with E-state index in [1.807, 2.05) is 0 Å². The number of morpholine rings is 1. The molecule has 2 heterocycles. The van der Waals surface area contributed by atoms with Crippen LogP contribution in [0.5, 0.6) is 0 Å². The fraction of sp³-hybridized carbons (Fsp3) is 0.818. The molecule has 0 radical (unpaired) electrons. The summed E-state index contributed by atoms with van der Waals surface area (Å²) in [5.41, 5.74) is -0.0320. The summed E-state index contributed by atoms with van der Waals surface area (Å²) in [4.78, 5) is 6.66. The molecule has 1 aliphatic rings. The lowest BCUT2D eigenvalue weighted by molar-refractivity contribution is 0.0726. The fourth-order valence-electron chi connectivity index (χ4n) is 1.69. The number of ether oxygens (including phenoxy) is 1. The van der Waals surface area contributed by atoms with E-state index in [2.05, 4.69) is 35.0 Å². The lowest BCUT2D eigenvalue weighted by atomic mass is 9.96. The fourth-order valence-corrected chi connectivity index (χ4v) is 2.65. The van der Waals surface area contributed by atoms with Gasteiger partial charge in [0.15, 0.2) is 0 Å². The molecule has 17 heavy (non-hydrogen) atoms. The van der Waals surface area contributed by atoms with Gasteiger partial charge in [-0.3, -0.25) is 0 Å². The summed E-state index contributed by atoms with van der Waals surface area (Å²) in [6.07, 6.45) is 0. The van der Waals surface area contributed by atoms with Crippen molar-refractivity contribution in [2.24, 2.45) is 0 Å². The average Bonchev–Trinajstić information content (AvgIpc) is 2.77. The van der Waals surface area contributed by atoms with E-state index in [1.165, 1.54) is 11.5 Å². The van der Waals surface area contributed by atoms with Crippen molar-refractivity contribution in [1.82, 2.24) is 9.36 Å². The predicted molar refractivity (Wildman–Crippen MR) is 67.6 cm³/mol. The molecule has 2 rings (SSSR count). The zero-order valence-electron chi connectivity index (χ0n) is 10.5. The van der Waals surface area contributed by atoms with Crippen molar-refractivity contribution in [3.8, 4) is 0 Å². The van der Waals surface area contributed by atoms with Crippen LogP contribution in [0, 0.1) is 0 Å². The number of aliphatic hydroxyl groups excluding tert-OH is 1.